The lowest BCUT2D eigenvalue weighted by molar-refractivity contribution is 0.0981. The molecule has 2 aromatic carbocycles. The quantitative estimate of drug-likeness (QED) is 0.533. The lowest BCUT2D eigenvalue weighted by Gasteiger charge is -2.05. The van der Waals surface area contributed by atoms with Crippen LogP contribution >= 0.6 is 0 Å². The van der Waals surface area contributed by atoms with Gasteiger partial charge < -0.3 is 9.84 Å². The number of amides is 1. The number of aromatic nitrogens is 4. The van der Waals surface area contributed by atoms with Crippen molar-refractivity contribution in [3.05, 3.63) is 78.1 Å². The summed E-state index contributed by atoms with van der Waals surface area (Å²) in [6.07, 6.45) is 5.43. The summed E-state index contributed by atoms with van der Waals surface area (Å²) in [6, 6.07) is 14.2. The normalized spacial score (nSPS) is 11.7. The van der Waals surface area contributed by atoms with Crippen molar-refractivity contribution in [2.75, 3.05) is 5.32 Å². The van der Waals surface area contributed by atoms with E-state index in [4.69, 9.17) is 4.52 Å². The molecule has 0 radical (unpaired) electrons. The fourth-order valence-electron chi connectivity index (χ4n) is 3.24. The summed E-state index contributed by atoms with van der Waals surface area (Å²) in [5.41, 5.74) is 6.05. The number of hydrogen-bond donors (Lipinski definition) is 1. The molecule has 27 heavy (non-hydrogen) atoms. The Hall–Kier alpha value is -3.87. The Morgan fingerprint density at radius 1 is 1.04 bits per heavy atom. The van der Waals surface area contributed by atoms with Crippen LogP contribution in [0.5, 0.6) is 0 Å². The Kier molecular flexibility index (Phi) is 3.50. The SMILES string of the molecule is O=C(Nc1ccc2c(c1)Cc1ccccc1-2)c1nc(-c2cnccn2)no1. The lowest BCUT2D eigenvalue weighted by atomic mass is 10.1. The van der Waals surface area contributed by atoms with Crippen LogP contribution in [0, 0.1) is 0 Å². The largest absolute Gasteiger partial charge is 0.328 e. The van der Waals surface area contributed by atoms with Crippen LogP contribution in [0.3, 0.4) is 0 Å². The molecule has 130 valence electrons. The Labute approximate surface area is 154 Å². The predicted octanol–water partition coefficient (Wildman–Crippen LogP) is 3.35. The molecule has 0 saturated carbocycles. The standard InChI is InChI=1S/C20H13N5O2/c26-19(20-24-18(25-27-20)17-11-21-7-8-22-17)23-14-5-6-16-13(10-14)9-12-3-1-2-4-15(12)16/h1-8,10-11H,9H2,(H,23,26). The maximum Gasteiger partial charge on any atom is 0.316 e. The molecule has 2 heterocycles. The first-order valence-electron chi connectivity index (χ1n) is 8.40. The van der Waals surface area contributed by atoms with E-state index in [1.54, 1.807) is 6.20 Å². The van der Waals surface area contributed by atoms with Crippen molar-refractivity contribution in [2.45, 2.75) is 6.42 Å². The maximum absolute atomic E-state index is 12.4. The third-order valence-corrected chi connectivity index (χ3v) is 4.46. The highest BCUT2D eigenvalue weighted by atomic mass is 16.5. The second kappa shape index (κ2) is 6.14. The second-order valence-corrected chi connectivity index (χ2v) is 6.17. The third-order valence-electron chi connectivity index (χ3n) is 4.46. The van der Waals surface area contributed by atoms with E-state index in [1.807, 2.05) is 30.3 Å². The van der Waals surface area contributed by atoms with Gasteiger partial charge in [-0.25, -0.2) is 4.98 Å². The molecule has 7 heteroatoms. The fraction of sp³-hybridized carbons (Fsp3) is 0.0500. The summed E-state index contributed by atoms with van der Waals surface area (Å²) in [4.78, 5) is 24.6. The summed E-state index contributed by atoms with van der Waals surface area (Å²) in [6.45, 7) is 0. The van der Waals surface area contributed by atoms with Crippen molar-refractivity contribution in [3.63, 3.8) is 0 Å². The van der Waals surface area contributed by atoms with Gasteiger partial charge in [-0.3, -0.25) is 9.78 Å². The van der Waals surface area contributed by atoms with Gasteiger partial charge in [0.25, 0.3) is 0 Å². The van der Waals surface area contributed by atoms with Crippen LogP contribution in [-0.2, 0) is 6.42 Å². The molecule has 0 fully saturated rings. The van der Waals surface area contributed by atoms with Crippen molar-refractivity contribution in [1.29, 1.82) is 0 Å². The summed E-state index contributed by atoms with van der Waals surface area (Å²) in [5, 5.41) is 6.59. The smallest absolute Gasteiger partial charge is 0.316 e. The van der Waals surface area contributed by atoms with E-state index >= 15 is 0 Å². The van der Waals surface area contributed by atoms with E-state index in [2.05, 4.69) is 37.6 Å². The Bertz CT molecular complexity index is 1150. The predicted molar refractivity (Wildman–Crippen MR) is 98.0 cm³/mol. The summed E-state index contributed by atoms with van der Waals surface area (Å²) in [7, 11) is 0. The van der Waals surface area contributed by atoms with Crippen LogP contribution in [-0.4, -0.2) is 26.0 Å². The molecule has 1 amide bonds. The number of benzene rings is 2. The second-order valence-electron chi connectivity index (χ2n) is 6.17. The molecule has 7 nitrogen and oxygen atoms in total. The van der Waals surface area contributed by atoms with Crippen LogP contribution in [0.1, 0.15) is 21.8 Å². The first-order valence-corrected chi connectivity index (χ1v) is 8.40. The van der Waals surface area contributed by atoms with E-state index in [0.29, 0.717) is 11.4 Å². The summed E-state index contributed by atoms with van der Waals surface area (Å²) in [5.74, 6) is -0.370. The molecule has 0 saturated heterocycles. The molecule has 0 atom stereocenters. The van der Waals surface area contributed by atoms with E-state index in [1.165, 1.54) is 34.6 Å². The zero-order valence-electron chi connectivity index (χ0n) is 14.1. The van der Waals surface area contributed by atoms with Gasteiger partial charge in [-0.15, -0.1) is 0 Å². The summed E-state index contributed by atoms with van der Waals surface area (Å²) < 4.78 is 5.06. The van der Waals surface area contributed by atoms with Gasteiger partial charge >= 0.3 is 11.8 Å². The van der Waals surface area contributed by atoms with Gasteiger partial charge in [-0.05, 0) is 40.8 Å². The molecule has 0 spiro atoms. The van der Waals surface area contributed by atoms with E-state index in [0.717, 1.165) is 6.42 Å². The number of nitrogens with one attached hydrogen (secondary N) is 1. The molecular weight excluding hydrogens is 342 g/mol. The van der Waals surface area contributed by atoms with Gasteiger partial charge in [0.2, 0.25) is 5.82 Å². The fourth-order valence-corrected chi connectivity index (χ4v) is 3.24. The molecule has 1 N–H and O–H groups in total. The number of anilines is 1. The number of hydrogen-bond acceptors (Lipinski definition) is 6. The molecule has 0 aliphatic heterocycles. The minimum atomic E-state index is -0.465. The molecule has 5 rings (SSSR count). The minimum absolute atomic E-state index is 0.126. The Balaban J connectivity index is 1.37. The lowest BCUT2D eigenvalue weighted by Crippen LogP contribution is -2.12. The molecular formula is C20H13N5O2. The number of fused-ring (bicyclic) bond motifs is 3. The van der Waals surface area contributed by atoms with Gasteiger partial charge in [0, 0.05) is 18.1 Å². The van der Waals surface area contributed by atoms with Crippen molar-refractivity contribution in [2.24, 2.45) is 0 Å². The van der Waals surface area contributed by atoms with Crippen molar-refractivity contribution >= 4 is 11.6 Å². The van der Waals surface area contributed by atoms with Crippen LogP contribution in [0.25, 0.3) is 22.6 Å². The topological polar surface area (TPSA) is 93.8 Å². The van der Waals surface area contributed by atoms with Gasteiger partial charge in [-0.1, -0.05) is 35.5 Å². The first kappa shape index (κ1) is 15.4. The van der Waals surface area contributed by atoms with Gasteiger partial charge in [0.15, 0.2) is 0 Å². The van der Waals surface area contributed by atoms with Gasteiger partial charge in [-0.2, -0.15) is 4.98 Å². The van der Waals surface area contributed by atoms with Crippen molar-refractivity contribution in [3.8, 4) is 22.6 Å². The highest BCUT2D eigenvalue weighted by Gasteiger charge is 2.20. The zero-order valence-corrected chi connectivity index (χ0v) is 14.1. The van der Waals surface area contributed by atoms with Crippen molar-refractivity contribution < 1.29 is 9.32 Å². The molecule has 4 aromatic rings. The molecule has 1 aliphatic rings. The zero-order chi connectivity index (χ0) is 18.2. The Morgan fingerprint density at radius 2 is 1.93 bits per heavy atom. The van der Waals surface area contributed by atoms with Gasteiger partial charge in [0.1, 0.15) is 5.69 Å². The number of nitrogens with zero attached hydrogens (tertiary/aromatic N) is 4. The summed E-state index contributed by atoms with van der Waals surface area (Å²) >= 11 is 0. The van der Waals surface area contributed by atoms with E-state index in [-0.39, 0.29) is 11.7 Å². The van der Waals surface area contributed by atoms with Crippen LogP contribution in [0.4, 0.5) is 5.69 Å². The molecule has 2 aromatic heterocycles. The highest BCUT2D eigenvalue weighted by Crippen LogP contribution is 2.37. The number of carbonyl (C=O) groups is 1. The number of rotatable bonds is 3. The van der Waals surface area contributed by atoms with E-state index < -0.39 is 5.91 Å². The molecule has 0 unspecified atom stereocenters. The van der Waals surface area contributed by atoms with E-state index in [9.17, 15) is 4.79 Å². The molecule has 1 aliphatic carbocycles. The van der Waals surface area contributed by atoms with Crippen LogP contribution < -0.4 is 5.32 Å². The van der Waals surface area contributed by atoms with Crippen LogP contribution in [0.2, 0.25) is 0 Å². The monoisotopic (exact) mass is 355 g/mol. The van der Waals surface area contributed by atoms with Crippen LogP contribution in [0.15, 0.2) is 65.6 Å². The first-order chi connectivity index (χ1) is 13.3. The highest BCUT2D eigenvalue weighted by molar-refractivity contribution is 6.01. The average Bonchev–Trinajstić information content (AvgIpc) is 3.33. The Morgan fingerprint density at radius 3 is 2.81 bits per heavy atom. The minimum Gasteiger partial charge on any atom is -0.328 e. The van der Waals surface area contributed by atoms with Gasteiger partial charge in [0.05, 0.1) is 6.20 Å². The third kappa shape index (κ3) is 2.75. The molecule has 0 bridgehead atoms. The van der Waals surface area contributed by atoms with Crippen molar-refractivity contribution in [1.82, 2.24) is 20.1 Å². The average molecular weight is 355 g/mol. The maximum atomic E-state index is 12.4. The number of carbonyl (C=O) groups excluding carboxylic acids is 1.